The van der Waals surface area contributed by atoms with Crippen LogP contribution in [-0.4, -0.2) is 30.0 Å². The van der Waals surface area contributed by atoms with E-state index in [4.69, 9.17) is 5.11 Å². The Kier molecular flexibility index (Phi) is 2.27. The van der Waals surface area contributed by atoms with E-state index < -0.39 is 24.2 Å². The first-order valence-corrected chi connectivity index (χ1v) is 3.34. The lowest BCUT2D eigenvalue weighted by molar-refractivity contribution is -0.219. The van der Waals surface area contributed by atoms with Gasteiger partial charge >= 0.3 is 12.1 Å². The molecule has 0 bridgehead atoms. The summed E-state index contributed by atoms with van der Waals surface area (Å²) in [7, 11) is 0. The first kappa shape index (κ1) is 9.31. The fraction of sp³-hybridized carbons (Fsp3) is 0.833. The maximum Gasteiger partial charge on any atom is 0.415 e. The molecule has 1 aliphatic heterocycles. The number of carboxylic acids is 1. The molecule has 70 valence electrons. The average molecular weight is 184 g/mol. The first-order valence-electron chi connectivity index (χ1n) is 3.34. The van der Waals surface area contributed by atoms with Crippen LogP contribution < -0.4 is 0 Å². The lowest BCUT2D eigenvalue weighted by Crippen LogP contribution is -2.37. The predicted octanol–water partition coefficient (Wildman–Crippen LogP) is 1.04. The van der Waals surface area contributed by atoms with Crippen LogP contribution in [0, 0.1) is 5.92 Å². The molecule has 2 atom stereocenters. The standard InChI is InChI=1S/C6H7F3O3/c7-6(8,9)4-3(5(10)11)1-2-12-4/h3-4H,1-2H2,(H,10,11). The van der Waals surface area contributed by atoms with Gasteiger partial charge in [-0.05, 0) is 6.42 Å². The Balaban J connectivity index is 2.71. The Bertz CT molecular complexity index is 189. The number of carbonyl (C=O) groups is 1. The number of carboxylic acid groups (broad SMARTS) is 1. The van der Waals surface area contributed by atoms with Crippen LogP contribution in [0.15, 0.2) is 0 Å². The summed E-state index contributed by atoms with van der Waals surface area (Å²) in [5.41, 5.74) is 0. The summed E-state index contributed by atoms with van der Waals surface area (Å²) >= 11 is 0. The summed E-state index contributed by atoms with van der Waals surface area (Å²) in [5.74, 6) is -2.89. The van der Waals surface area contributed by atoms with Gasteiger partial charge in [0.05, 0.1) is 5.92 Å². The van der Waals surface area contributed by atoms with Crippen molar-refractivity contribution in [2.75, 3.05) is 6.61 Å². The summed E-state index contributed by atoms with van der Waals surface area (Å²) < 4.78 is 40.2. The molecule has 0 saturated carbocycles. The number of aliphatic carboxylic acids is 1. The van der Waals surface area contributed by atoms with Gasteiger partial charge < -0.3 is 9.84 Å². The van der Waals surface area contributed by atoms with Crippen LogP contribution in [0.5, 0.6) is 0 Å². The number of rotatable bonds is 1. The van der Waals surface area contributed by atoms with E-state index in [1.807, 2.05) is 0 Å². The molecule has 1 N–H and O–H groups in total. The van der Waals surface area contributed by atoms with Crippen LogP contribution in [-0.2, 0) is 9.53 Å². The van der Waals surface area contributed by atoms with Crippen molar-refractivity contribution in [3.8, 4) is 0 Å². The molecule has 2 unspecified atom stereocenters. The van der Waals surface area contributed by atoms with Crippen molar-refractivity contribution in [2.24, 2.45) is 5.92 Å². The minimum atomic E-state index is -4.57. The highest BCUT2D eigenvalue weighted by Gasteiger charge is 2.51. The summed E-state index contributed by atoms with van der Waals surface area (Å²) in [4.78, 5) is 10.3. The van der Waals surface area contributed by atoms with Crippen LogP contribution in [0.2, 0.25) is 0 Å². The Morgan fingerprint density at radius 1 is 1.50 bits per heavy atom. The van der Waals surface area contributed by atoms with Crippen LogP contribution in [0.1, 0.15) is 6.42 Å². The third-order valence-corrected chi connectivity index (χ3v) is 1.73. The Hall–Kier alpha value is -0.780. The normalized spacial score (nSPS) is 30.6. The number of ether oxygens (including phenoxy) is 1. The Morgan fingerprint density at radius 3 is 2.42 bits per heavy atom. The zero-order valence-corrected chi connectivity index (χ0v) is 5.97. The highest BCUT2D eigenvalue weighted by atomic mass is 19.4. The highest BCUT2D eigenvalue weighted by Crippen LogP contribution is 2.34. The third kappa shape index (κ3) is 1.69. The second kappa shape index (κ2) is 2.93. The van der Waals surface area contributed by atoms with Crippen LogP contribution in [0.3, 0.4) is 0 Å². The predicted molar refractivity (Wildman–Crippen MR) is 31.5 cm³/mol. The molecule has 3 nitrogen and oxygen atoms in total. The SMILES string of the molecule is O=C(O)C1CCOC1C(F)(F)F. The second-order valence-electron chi connectivity index (χ2n) is 2.57. The van der Waals surface area contributed by atoms with Gasteiger partial charge in [0, 0.05) is 6.61 Å². The van der Waals surface area contributed by atoms with Gasteiger partial charge in [0.25, 0.3) is 0 Å². The monoisotopic (exact) mass is 184 g/mol. The molecule has 0 spiro atoms. The van der Waals surface area contributed by atoms with E-state index in [-0.39, 0.29) is 13.0 Å². The first-order chi connectivity index (χ1) is 5.43. The van der Waals surface area contributed by atoms with Crippen LogP contribution in [0.4, 0.5) is 13.2 Å². The lowest BCUT2D eigenvalue weighted by atomic mass is 10.0. The van der Waals surface area contributed by atoms with Crippen molar-refractivity contribution in [2.45, 2.75) is 18.7 Å². The molecule has 0 aromatic rings. The summed E-state index contributed by atoms with van der Waals surface area (Å²) in [6.07, 6.45) is -6.77. The van der Waals surface area contributed by atoms with Gasteiger partial charge in [-0.3, -0.25) is 4.79 Å². The zero-order chi connectivity index (χ0) is 9.35. The third-order valence-electron chi connectivity index (χ3n) is 1.73. The van der Waals surface area contributed by atoms with Gasteiger partial charge in [0.1, 0.15) is 0 Å². The van der Waals surface area contributed by atoms with Gasteiger partial charge in [-0.15, -0.1) is 0 Å². The maximum absolute atomic E-state index is 12.0. The molecule has 1 rings (SSSR count). The van der Waals surface area contributed by atoms with E-state index in [0.717, 1.165) is 0 Å². The van der Waals surface area contributed by atoms with Crippen molar-refractivity contribution >= 4 is 5.97 Å². The minimum absolute atomic E-state index is 0.0699. The molecule has 1 heterocycles. The molecule has 0 aromatic heterocycles. The van der Waals surface area contributed by atoms with Gasteiger partial charge in [-0.1, -0.05) is 0 Å². The molecule has 1 saturated heterocycles. The molecule has 6 heteroatoms. The van der Waals surface area contributed by atoms with E-state index in [0.29, 0.717) is 0 Å². The quantitative estimate of drug-likeness (QED) is 0.662. The number of halogens is 3. The maximum atomic E-state index is 12.0. The van der Waals surface area contributed by atoms with Gasteiger partial charge in [-0.25, -0.2) is 0 Å². The Morgan fingerprint density at radius 2 is 2.08 bits per heavy atom. The average Bonchev–Trinajstić information content (AvgIpc) is 2.30. The Labute approximate surface area is 66.1 Å². The van der Waals surface area contributed by atoms with E-state index in [1.54, 1.807) is 0 Å². The zero-order valence-electron chi connectivity index (χ0n) is 5.97. The smallest absolute Gasteiger partial charge is 0.415 e. The molecule has 1 aliphatic rings. The van der Waals surface area contributed by atoms with Gasteiger partial charge in [0.2, 0.25) is 0 Å². The number of hydrogen-bond donors (Lipinski definition) is 1. The van der Waals surface area contributed by atoms with Crippen LogP contribution in [0.25, 0.3) is 0 Å². The van der Waals surface area contributed by atoms with Crippen molar-refractivity contribution in [1.29, 1.82) is 0 Å². The molecule has 0 amide bonds. The van der Waals surface area contributed by atoms with Crippen molar-refractivity contribution < 1.29 is 27.8 Å². The van der Waals surface area contributed by atoms with Crippen molar-refractivity contribution in [3.63, 3.8) is 0 Å². The lowest BCUT2D eigenvalue weighted by Gasteiger charge is -2.17. The highest BCUT2D eigenvalue weighted by molar-refractivity contribution is 5.71. The topological polar surface area (TPSA) is 46.5 Å². The van der Waals surface area contributed by atoms with Gasteiger partial charge in [0.15, 0.2) is 6.10 Å². The minimum Gasteiger partial charge on any atom is -0.481 e. The van der Waals surface area contributed by atoms with E-state index >= 15 is 0 Å². The molecule has 12 heavy (non-hydrogen) atoms. The summed E-state index contributed by atoms with van der Waals surface area (Å²) in [6, 6.07) is 0. The summed E-state index contributed by atoms with van der Waals surface area (Å²) in [6.45, 7) is -0.138. The van der Waals surface area contributed by atoms with E-state index in [2.05, 4.69) is 4.74 Å². The van der Waals surface area contributed by atoms with E-state index in [9.17, 15) is 18.0 Å². The fourth-order valence-electron chi connectivity index (χ4n) is 1.17. The summed E-state index contributed by atoms with van der Waals surface area (Å²) in [5, 5.41) is 8.37. The second-order valence-corrected chi connectivity index (χ2v) is 2.57. The number of hydrogen-bond acceptors (Lipinski definition) is 2. The number of alkyl halides is 3. The molecule has 0 radical (unpaired) electrons. The fourth-order valence-corrected chi connectivity index (χ4v) is 1.17. The molecule has 0 aliphatic carbocycles. The molecule has 1 fully saturated rings. The largest absolute Gasteiger partial charge is 0.481 e. The van der Waals surface area contributed by atoms with Crippen LogP contribution >= 0.6 is 0 Å². The van der Waals surface area contributed by atoms with Crippen molar-refractivity contribution in [1.82, 2.24) is 0 Å². The van der Waals surface area contributed by atoms with Crippen molar-refractivity contribution in [3.05, 3.63) is 0 Å². The van der Waals surface area contributed by atoms with Gasteiger partial charge in [-0.2, -0.15) is 13.2 Å². The molecular formula is C6H7F3O3. The van der Waals surface area contributed by atoms with E-state index in [1.165, 1.54) is 0 Å². The molecular weight excluding hydrogens is 177 g/mol. The molecule has 0 aromatic carbocycles.